The average molecular weight is 409 g/mol. The van der Waals surface area contributed by atoms with E-state index in [4.69, 9.17) is 22.2 Å². The molecule has 3 rings (SSSR count). The van der Waals surface area contributed by atoms with Gasteiger partial charge in [-0.3, -0.25) is 10.3 Å². The normalized spacial score (nSPS) is 20.3. The third kappa shape index (κ3) is 3.44. The van der Waals surface area contributed by atoms with Crippen molar-refractivity contribution in [3.63, 3.8) is 0 Å². The van der Waals surface area contributed by atoms with E-state index in [0.717, 1.165) is 12.1 Å². The zero-order valence-corrected chi connectivity index (χ0v) is 14.0. The van der Waals surface area contributed by atoms with Gasteiger partial charge in [-0.2, -0.15) is 26.3 Å². The number of hydroxylamine groups is 1. The van der Waals surface area contributed by atoms with E-state index in [-0.39, 0.29) is 22.0 Å². The molecular formula is C17H11ClF6N2O. The van der Waals surface area contributed by atoms with Crippen LogP contribution in [0.2, 0.25) is 5.02 Å². The van der Waals surface area contributed by atoms with Crippen molar-refractivity contribution in [2.45, 2.75) is 18.0 Å². The number of nitrogens with two attached hydrogens (primary N) is 1. The molecule has 0 spiro atoms. The van der Waals surface area contributed by atoms with Crippen LogP contribution in [0.3, 0.4) is 0 Å². The van der Waals surface area contributed by atoms with Crippen LogP contribution in [0.25, 0.3) is 5.70 Å². The lowest BCUT2D eigenvalue weighted by atomic mass is 9.90. The highest BCUT2D eigenvalue weighted by Crippen LogP contribution is 2.48. The zero-order valence-electron chi connectivity index (χ0n) is 13.3. The standard InChI is InChI=1S/C17H11ClF6N2O/c18-12-6-9(4-5-13(12)25)14-8-15(27-26-14,17(22,23)24)10-2-1-3-11(7-10)16(19,20)21/h1-8,26H,25H2. The fourth-order valence-corrected chi connectivity index (χ4v) is 2.79. The van der Waals surface area contributed by atoms with Gasteiger partial charge in [0.2, 0.25) is 5.60 Å². The van der Waals surface area contributed by atoms with Crippen LogP contribution in [-0.2, 0) is 16.6 Å². The van der Waals surface area contributed by atoms with Crippen LogP contribution in [0.1, 0.15) is 16.7 Å². The Hall–Kier alpha value is -2.39. The number of halogens is 7. The maximum Gasteiger partial charge on any atom is 0.428 e. The molecule has 3 nitrogen and oxygen atoms in total. The maximum absolute atomic E-state index is 13.8. The first kappa shape index (κ1) is 19.4. The average Bonchev–Trinajstić information content (AvgIpc) is 3.03. The SMILES string of the molecule is Nc1ccc(C2=CC(c3cccc(C(F)(F)F)c3)(C(F)(F)F)ON2)cc1Cl. The number of anilines is 1. The first-order chi connectivity index (χ1) is 12.4. The third-order valence-corrected chi connectivity index (χ3v) is 4.35. The van der Waals surface area contributed by atoms with Crippen LogP contribution in [-0.4, -0.2) is 6.18 Å². The molecule has 0 saturated carbocycles. The summed E-state index contributed by atoms with van der Waals surface area (Å²) in [7, 11) is 0. The Balaban J connectivity index is 2.13. The van der Waals surface area contributed by atoms with Crippen LogP contribution >= 0.6 is 11.6 Å². The molecule has 2 aromatic carbocycles. The molecule has 3 N–H and O–H groups in total. The summed E-state index contributed by atoms with van der Waals surface area (Å²) in [4.78, 5) is 4.79. The molecule has 1 aliphatic heterocycles. The van der Waals surface area contributed by atoms with Gasteiger partial charge in [0.1, 0.15) is 0 Å². The lowest BCUT2D eigenvalue weighted by Crippen LogP contribution is -2.42. The van der Waals surface area contributed by atoms with Gasteiger partial charge in [0.25, 0.3) is 0 Å². The van der Waals surface area contributed by atoms with Gasteiger partial charge in [-0.15, -0.1) is 0 Å². The van der Waals surface area contributed by atoms with Gasteiger partial charge >= 0.3 is 12.4 Å². The molecule has 1 atom stereocenters. The van der Waals surface area contributed by atoms with Crippen molar-refractivity contribution in [3.05, 3.63) is 70.3 Å². The second kappa shape index (κ2) is 6.35. The quantitative estimate of drug-likeness (QED) is 0.525. The summed E-state index contributed by atoms with van der Waals surface area (Å²) < 4.78 is 80.2. The fraction of sp³-hybridized carbons (Fsp3) is 0.176. The maximum atomic E-state index is 13.8. The predicted molar refractivity (Wildman–Crippen MR) is 87.2 cm³/mol. The van der Waals surface area contributed by atoms with E-state index in [9.17, 15) is 26.3 Å². The Morgan fingerprint density at radius 1 is 1.00 bits per heavy atom. The number of benzene rings is 2. The molecule has 0 aromatic heterocycles. The highest BCUT2D eigenvalue weighted by molar-refractivity contribution is 6.33. The highest BCUT2D eigenvalue weighted by atomic mass is 35.5. The molecule has 1 unspecified atom stereocenters. The fourth-order valence-electron chi connectivity index (χ4n) is 2.61. The number of hydrogen-bond donors (Lipinski definition) is 2. The number of nitrogen functional groups attached to an aromatic ring is 1. The second-order valence-electron chi connectivity index (χ2n) is 5.81. The van der Waals surface area contributed by atoms with Crippen molar-refractivity contribution in [1.82, 2.24) is 5.48 Å². The molecular weight excluding hydrogens is 398 g/mol. The van der Waals surface area contributed by atoms with E-state index in [1.165, 1.54) is 18.2 Å². The second-order valence-corrected chi connectivity index (χ2v) is 6.22. The molecule has 0 saturated heterocycles. The van der Waals surface area contributed by atoms with Crippen LogP contribution in [0.15, 0.2) is 48.5 Å². The number of rotatable bonds is 2. The van der Waals surface area contributed by atoms with E-state index < -0.39 is 29.1 Å². The molecule has 0 bridgehead atoms. The summed E-state index contributed by atoms with van der Waals surface area (Å²) in [6.07, 6.45) is -9.17. The predicted octanol–water partition coefficient (Wildman–Crippen LogP) is 5.27. The van der Waals surface area contributed by atoms with Crippen molar-refractivity contribution < 1.29 is 31.2 Å². The van der Waals surface area contributed by atoms with Crippen LogP contribution < -0.4 is 11.2 Å². The molecule has 1 aliphatic rings. The number of alkyl halides is 6. The van der Waals surface area contributed by atoms with E-state index in [2.05, 4.69) is 5.48 Å². The van der Waals surface area contributed by atoms with E-state index in [1.54, 1.807) is 0 Å². The Labute approximate surface area is 154 Å². The molecule has 27 heavy (non-hydrogen) atoms. The molecule has 0 aliphatic carbocycles. The third-order valence-electron chi connectivity index (χ3n) is 4.02. The summed E-state index contributed by atoms with van der Waals surface area (Å²) in [6, 6.07) is 7.00. The zero-order chi connectivity index (χ0) is 20.0. The van der Waals surface area contributed by atoms with E-state index in [0.29, 0.717) is 18.2 Å². The summed E-state index contributed by atoms with van der Waals surface area (Å²) in [5, 5.41) is 0.110. The van der Waals surface area contributed by atoms with Crippen molar-refractivity contribution in [3.8, 4) is 0 Å². The smallest absolute Gasteiger partial charge is 0.398 e. The highest BCUT2D eigenvalue weighted by Gasteiger charge is 2.59. The summed E-state index contributed by atoms with van der Waals surface area (Å²) in [6.45, 7) is 0. The number of nitrogens with one attached hydrogen (secondary N) is 1. The molecule has 2 aromatic rings. The van der Waals surface area contributed by atoms with Gasteiger partial charge in [-0.05, 0) is 30.3 Å². The Bertz CT molecular complexity index is 909. The van der Waals surface area contributed by atoms with Crippen LogP contribution in [0.4, 0.5) is 32.0 Å². The molecule has 0 fully saturated rings. The first-order valence-corrected chi connectivity index (χ1v) is 7.78. The topological polar surface area (TPSA) is 47.3 Å². The summed E-state index contributed by atoms with van der Waals surface area (Å²) >= 11 is 5.87. The van der Waals surface area contributed by atoms with Gasteiger partial charge < -0.3 is 5.73 Å². The van der Waals surface area contributed by atoms with Gasteiger partial charge in [0.15, 0.2) is 0 Å². The van der Waals surface area contributed by atoms with Gasteiger partial charge in [0, 0.05) is 11.1 Å². The van der Waals surface area contributed by atoms with Crippen molar-refractivity contribution in [2.24, 2.45) is 0 Å². The van der Waals surface area contributed by atoms with Crippen LogP contribution in [0, 0.1) is 0 Å². The molecule has 0 radical (unpaired) electrons. The largest absolute Gasteiger partial charge is 0.428 e. The molecule has 0 amide bonds. The van der Waals surface area contributed by atoms with Crippen molar-refractivity contribution >= 4 is 23.0 Å². The Morgan fingerprint density at radius 2 is 1.70 bits per heavy atom. The van der Waals surface area contributed by atoms with Crippen molar-refractivity contribution in [1.29, 1.82) is 0 Å². The summed E-state index contributed by atoms with van der Waals surface area (Å²) in [5.41, 5.74) is 3.02. The van der Waals surface area contributed by atoms with Gasteiger partial charge in [-0.1, -0.05) is 29.8 Å². The molecule has 1 heterocycles. The lowest BCUT2D eigenvalue weighted by molar-refractivity contribution is -0.269. The first-order valence-electron chi connectivity index (χ1n) is 7.41. The van der Waals surface area contributed by atoms with Gasteiger partial charge in [-0.25, -0.2) is 0 Å². The van der Waals surface area contributed by atoms with Gasteiger partial charge in [0.05, 0.1) is 22.0 Å². The monoisotopic (exact) mass is 408 g/mol. The molecule has 10 heteroatoms. The minimum Gasteiger partial charge on any atom is -0.398 e. The van der Waals surface area contributed by atoms with Crippen molar-refractivity contribution in [2.75, 3.05) is 5.73 Å². The number of hydrogen-bond acceptors (Lipinski definition) is 3. The lowest BCUT2D eigenvalue weighted by Gasteiger charge is -2.29. The summed E-state index contributed by atoms with van der Waals surface area (Å²) in [5.74, 6) is 0. The Kier molecular flexibility index (Phi) is 4.55. The van der Waals surface area contributed by atoms with E-state index in [1.807, 2.05) is 0 Å². The van der Waals surface area contributed by atoms with E-state index >= 15 is 0 Å². The minimum atomic E-state index is -5.04. The van der Waals surface area contributed by atoms with Crippen LogP contribution in [0.5, 0.6) is 0 Å². The minimum absolute atomic E-state index is 0.105. The Morgan fingerprint density at radius 3 is 2.30 bits per heavy atom. The molecule has 144 valence electrons.